The smallest absolute Gasteiger partial charge is 0.256 e. The minimum Gasteiger partial charge on any atom is -0.369 e. The summed E-state index contributed by atoms with van der Waals surface area (Å²) in [5, 5.41) is 11.2. The third-order valence-electron chi connectivity index (χ3n) is 5.66. The lowest BCUT2D eigenvalue weighted by Crippen LogP contribution is -2.47. The summed E-state index contributed by atoms with van der Waals surface area (Å²) in [6.45, 7) is 3.55. The quantitative estimate of drug-likeness (QED) is 0.880. The number of aliphatic hydroxyl groups is 1. The number of nitrogens with zero attached hydrogens (tertiary/aromatic N) is 1. The Bertz CT molecular complexity index is 883. The van der Waals surface area contributed by atoms with Gasteiger partial charge in [0.2, 0.25) is 0 Å². The molecule has 0 unspecified atom stereocenters. The minimum absolute atomic E-state index is 0.0414. The van der Waals surface area contributed by atoms with Crippen molar-refractivity contribution in [3.63, 3.8) is 0 Å². The van der Waals surface area contributed by atoms with E-state index in [-0.39, 0.29) is 11.3 Å². The summed E-state index contributed by atoms with van der Waals surface area (Å²) in [6.07, 6.45) is 1.04. The summed E-state index contributed by atoms with van der Waals surface area (Å²) in [5.74, 6) is 0.0414. The highest BCUT2D eigenvalue weighted by atomic mass is 16.3. The van der Waals surface area contributed by atoms with Gasteiger partial charge in [0, 0.05) is 36.1 Å². The molecule has 4 heteroatoms. The van der Waals surface area contributed by atoms with Crippen molar-refractivity contribution >= 4 is 5.78 Å². The van der Waals surface area contributed by atoms with Crippen LogP contribution in [0.3, 0.4) is 0 Å². The molecule has 4 rings (SSSR count). The number of rotatable bonds is 1. The van der Waals surface area contributed by atoms with Gasteiger partial charge in [-0.15, -0.1) is 0 Å². The summed E-state index contributed by atoms with van der Waals surface area (Å²) in [4.78, 5) is 25.2. The lowest BCUT2D eigenvalue weighted by Gasteiger charge is -2.32. The van der Waals surface area contributed by atoms with E-state index in [1.54, 1.807) is 13.8 Å². The fourth-order valence-electron chi connectivity index (χ4n) is 4.21. The Labute approximate surface area is 134 Å². The van der Waals surface area contributed by atoms with Crippen LogP contribution in [0.15, 0.2) is 41.2 Å². The summed E-state index contributed by atoms with van der Waals surface area (Å²) in [6, 6.07) is 11.7. The molecule has 2 aromatic rings. The lowest BCUT2D eigenvalue weighted by atomic mass is 9.79. The molecule has 1 aliphatic carbocycles. The lowest BCUT2D eigenvalue weighted by molar-refractivity contribution is -0.142. The molecule has 0 amide bonds. The van der Waals surface area contributed by atoms with Gasteiger partial charge in [0.25, 0.3) is 5.56 Å². The van der Waals surface area contributed by atoms with Crippen molar-refractivity contribution in [3.8, 4) is 11.1 Å². The summed E-state index contributed by atoms with van der Waals surface area (Å²) < 4.78 is 1.50. The average Bonchev–Trinajstić information content (AvgIpc) is 2.91. The summed E-state index contributed by atoms with van der Waals surface area (Å²) in [5.41, 5.74) is 0.788. The van der Waals surface area contributed by atoms with Crippen LogP contribution >= 0.6 is 0 Å². The van der Waals surface area contributed by atoms with Crippen LogP contribution in [0.25, 0.3) is 11.1 Å². The van der Waals surface area contributed by atoms with Crippen LogP contribution in [0.4, 0.5) is 0 Å². The molecule has 2 heterocycles. The van der Waals surface area contributed by atoms with Crippen LogP contribution in [-0.4, -0.2) is 15.5 Å². The Hall–Kier alpha value is -2.20. The summed E-state index contributed by atoms with van der Waals surface area (Å²) in [7, 11) is 0. The van der Waals surface area contributed by atoms with E-state index in [9.17, 15) is 14.7 Å². The molecule has 1 aromatic carbocycles. The Morgan fingerprint density at radius 3 is 2.57 bits per heavy atom. The van der Waals surface area contributed by atoms with Crippen molar-refractivity contribution in [2.45, 2.75) is 38.8 Å². The zero-order valence-corrected chi connectivity index (χ0v) is 13.3. The molecule has 0 radical (unpaired) electrons. The fraction of sp³-hybridized carbons (Fsp3) is 0.368. The van der Waals surface area contributed by atoms with Gasteiger partial charge in [0.05, 0.1) is 5.41 Å². The SMILES string of the molecule is Cc1cc(-c2ccccc2)c2n(c1=O)[C@]1(O)CCC(=O)[C@]1(C)C2. The van der Waals surface area contributed by atoms with E-state index in [0.29, 0.717) is 24.8 Å². The number of aryl methyl sites for hydroxylation is 1. The van der Waals surface area contributed by atoms with Gasteiger partial charge in [-0.25, -0.2) is 0 Å². The van der Waals surface area contributed by atoms with Crippen LogP contribution in [0, 0.1) is 12.3 Å². The van der Waals surface area contributed by atoms with E-state index in [0.717, 1.165) is 16.8 Å². The first-order chi connectivity index (χ1) is 10.9. The first-order valence-electron chi connectivity index (χ1n) is 7.95. The molecule has 118 valence electrons. The van der Waals surface area contributed by atoms with Crippen molar-refractivity contribution in [1.29, 1.82) is 0 Å². The second kappa shape index (κ2) is 4.42. The Kier molecular flexibility index (Phi) is 2.77. The van der Waals surface area contributed by atoms with Crippen LogP contribution in [-0.2, 0) is 16.9 Å². The number of ketones is 1. The predicted octanol–water partition coefficient (Wildman–Crippen LogP) is 2.39. The number of benzene rings is 1. The molecule has 1 aromatic heterocycles. The Morgan fingerprint density at radius 1 is 1.17 bits per heavy atom. The van der Waals surface area contributed by atoms with Gasteiger partial charge >= 0.3 is 0 Å². The molecular formula is C19H19NO3. The van der Waals surface area contributed by atoms with E-state index in [1.165, 1.54) is 4.57 Å². The van der Waals surface area contributed by atoms with Crippen molar-refractivity contribution in [2.75, 3.05) is 0 Å². The highest BCUT2D eigenvalue weighted by Crippen LogP contribution is 2.54. The van der Waals surface area contributed by atoms with Crippen molar-refractivity contribution in [3.05, 3.63) is 58.0 Å². The minimum atomic E-state index is -1.40. The maximum atomic E-state index is 12.7. The highest BCUT2D eigenvalue weighted by molar-refractivity contribution is 5.89. The Balaban J connectivity index is 2.06. The van der Waals surface area contributed by atoms with E-state index in [4.69, 9.17) is 0 Å². The molecule has 2 aliphatic rings. The van der Waals surface area contributed by atoms with Gasteiger partial charge in [0.15, 0.2) is 5.72 Å². The molecule has 0 bridgehead atoms. The number of hydrogen-bond donors (Lipinski definition) is 1. The topological polar surface area (TPSA) is 59.3 Å². The van der Waals surface area contributed by atoms with Crippen LogP contribution in [0.1, 0.15) is 31.0 Å². The van der Waals surface area contributed by atoms with Crippen molar-refractivity contribution in [1.82, 2.24) is 4.57 Å². The van der Waals surface area contributed by atoms with Crippen molar-refractivity contribution < 1.29 is 9.90 Å². The maximum absolute atomic E-state index is 12.7. The third-order valence-corrected chi connectivity index (χ3v) is 5.66. The number of hydrogen-bond acceptors (Lipinski definition) is 3. The van der Waals surface area contributed by atoms with Gasteiger partial charge in [0.1, 0.15) is 5.78 Å². The number of aromatic nitrogens is 1. The Morgan fingerprint density at radius 2 is 1.87 bits per heavy atom. The molecule has 0 spiro atoms. The standard InChI is InChI=1S/C19H19NO3/c1-12-10-14(13-6-4-3-5-7-13)15-11-18(2)16(21)8-9-19(18,23)20(15)17(12)22/h3-7,10,23H,8-9,11H2,1-2H3/t18-,19-/m0/s1. The molecule has 1 fully saturated rings. The second-order valence-corrected chi connectivity index (χ2v) is 6.94. The van der Waals surface area contributed by atoms with Gasteiger partial charge in [-0.05, 0) is 25.5 Å². The first kappa shape index (κ1) is 14.4. The number of carbonyl (C=O) groups excluding carboxylic acids is 1. The average molecular weight is 309 g/mol. The molecule has 1 N–H and O–H groups in total. The van der Waals surface area contributed by atoms with Crippen LogP contribution in [0.5, 0.6) is 0 Å². The highest BCUT2D eigenvalue weighted by Gasteiger charge is 2.63. The van der Waals surface area contributed by atoms with Crippen LogP contribution < -0.4 is 5.56 Å². The molecule has 2 atom stereocenters. The van der Waals surface area contributed by atoms with Gasteiger partial charge in [-0.3, -0.25) is 14.2 Å². The van der Waals surface area contributed by atoms with E-state index < -0.39 is 11.1 Å². The molecule has 1 aliphatic heterocycles. The summed E-state index contributed by atoms with van der Waals surface area (Å²) >= 11 is 0. The first-order valence-corrected chi connectivity index (χ1v) is 7.95. The zero-order chi connectivity index (χ0) is 16.4. The van der Waals surface area contributed by atoms with E-state index >= 15 is 0 Å². The third kappa shape index (κ3) is 1.64. The monoisotopic (exact) mass is 309 g/mol. The second-order valence-electron chi connectivity index (χ2n) is 6.94. The van der Waals surface area contributed by atoms with Gasteiger partial charge in [-0.2, -0.15) is 0 Å². The fourth-order valence-corrected chi connectivity index (χ4v) is 4.21. The van der Waals surface area contributed by atoms with Gasteiger partial charge in [-0.1, -0.05) is 30.3 Å². The molecule has 1 saturated carbocycles. The normalized spacial score (nSPS) is 28.7. The maximum Gasteiger partial charge on any atom is 0.256 e. The zero-order valence-electron chi connectivity index (χ0n) is 13.3. The molecule has 0 saturated heterocycles. The molecule has 23 heavy (non-hydrogen) atoms. The predicted molar refractivity (Wildman–Crippen MR) is 87.1 cm³/mol. The molecular weight excluding hydrogens is 290 g/mol. The number of fused-ring (bicyclic) bond motifs is 3. The largest absolute Gasteiger partial charge is 0.369 e. The van der Waals surface area contributed by atoms with E-state index in [2.05, 4.69) is 0 Å². The van der Waals surface area contributed by atoms with Gasteiger partial charge < -0.3 is 5.11 Å². The number of Topliss-reactive ketones (excluding diaryl/α,β-unsaturated/α-hetero) is 1. The number of pyridine rings is 1. The van der Waals surface area contributed by atoms with Crippen molar-refractivity contribution in [2.24, 2.45) is 5.41 Å². The van der Waals surface area contributed by atoms with E-state index in [1.807, 2.05) is 36.4 Å². The molecule has 4 nitrogen and oxygen atoms in total. The number of carbonyl (C=O) groups is 1. The van der Waals surface area contributed by atoms with Crippen LogP contribution in [0.2, 0.25) is 0 Å².